The maximum atomic E-state index is 13.6. The Bertz CT molecular complexity index is 1050. The van der Waals surface area contributed by atoms with Crippen molar-refractivity contribution in [3.8, 4) is 0 Å². The molecule has 3 atom stereocenters. The molecule has 0 aromatic heterocycles. The van der Waals surface area contributed by atoms with Crippen molar-refractivity contribution in [1.29, 1.82) is 0 Å². The lowest BCUT2D eigenvalue weighted by molar-refractivity contribution is -0.209. The molecule has 0 radical (unpaired) electrons. The number of benzene rings is 2. The van der Waals surface area contributed by atoms with Gasteiger partial charge in [0.25, 0.3) is 0 Å². The monoisotopic (exact) mass is 567 g/mol. The van der Waals surface area contributed by atoms with Crippen LogP contribution in [-0.2, 0) is 26.3 Å². The molecule has 0 amide bonds. The normalized spacial score (nSPS) is 20.4. The van der Waals surface area contributed by atoms with Gasteiger partial charge < -0.3 is 19.2 Å². The minimum Gasteiger partial charge on any atom is -0.414 e. The van der Waals surface area contributed by atoms with Crippen molar-refractivity contribution in [2.24, 2.45) is 0 Å². The molecule has 0 saturated carbocycles. The Balaban J connectivity index is 2.04. The van der Waals surface area contributed by atoms with Gasteiger partial charge in [-0.2, -0.15) is 26.3 Å². The van der Waals surface area contributed by atoms with Crippen LogP contribution in [0.25, 0.3) is 0 Å². The van der Waals surface area contributed by atoms with E-state index >= 15 is 0 Å². The van der Waals surface area contributed by atoms with Crippen LogP contribution < -0.4 is 5.32 Å². The summed E-state index contributed by atoms with van der Waals surface area (Å²) in [5.74, 6) is -0.466. The lowest BCUT2D eigenvalue weighted by Crippen LogP contribution is -2.45. The molecule has 38 heavy (non-hydrogen) atoms. The van der Waals surface area contributed by atoms with Crippen LogP contribution in [0.15, 0.2) is 42.5 Å². The quantitative estimate of drug-likeness (QED) is 0.276. The van der Waals surface area contributed by atoms with E-state index in [9.17, 15) is 30.7 Å². The van der Waals surface area contributed by atoms with Crippen LogP contribution in [0.3, 0.4) is 0 Å². The number of hydrogen-bond donors (Lipinski definition) is 1. The van der Waals surface area contributed by atoms with Crippen molar-refractivity contribution in [2.45, 2.75) is 69.7 Å². The summed E-state index contributed by atoms with van der Waals surface area (Å²) in [6.45, 7) is 10.0. The molecule has 2 unspecified atom stereocenters. The van der Waals surface area contributed by atoms with Gasteiger partial charge in [0, 0.05) is 6.54 Å². The number of alkyl halides is 6. The minimum atomic E-state index is -5.01. The van der Waals surface area contributed by atoms with Crippen LogP contribution in [0.2, 0.25) is 18.1 Å². The van der Waals surface area contributed by atoms with E-state index in [0.717, 1.165) is 0 Å². The molecule has 3 rings (SSSR count). The molecule has 12 heteroatoms. The van der Waals surface area contributed by atoms with Gasteiger partial charge in [0.1, 0.15) is 11.9 Å². The van der Waals surface area contributed by atoms with Gasteiger partial charge in [-0.1, -0.05) is 32.9 Å². The average molecular weight is 568 g/mol. The van der Waals surface area contributed by atoms with Crippen molar-refractivity contribution in [2.75, 3.05) is 19.8 Å². The van der Waals surface area contributed by atoms with Crippen LogP contribution in [0.5, 0.6) is 0 Å². The lowest BCUT2D eigenvalue weighted by atomic mass is 10.0. The highest BCUT2D eigenvalue weighted by Gasteiger charge is 2.41. The van der Waals surface area contributed by atoms with Crippen LogP contribution in [0.4, 0.5) is 30.7 Å². The molecule has 1 aliphatic heterocycles. The smallest absolute Gasteiger partial charge is 0.414 e. The minimum absolute atomic E-state index is 0.0786. The number of morpholine rings is 1. The van der Waals surface area contributed by atoms with E-state index in [1.165, 1.54) is 24.3 Å². The van der Waals surface area contributed by atoms with E-state index in [4.69, 9.17) is 13.9 Å². The highest BCUT2D eigenvalue weighted by molar-refractivity contribution is 6.74. The van der Waals surface area contributed by atoms with Crippen molar-refractivity contribution < 1.29 is 44.6 Å². The van der Waals surface area contributed by atoms with Gasteiger partial charge in [-0.15, -0.1) is 0 Å². The Labute approximate surface area is 218 Å². The molecule has 2 aromatic rings. The summed E-state index contributed by atoms with van der Waals surface area (Å²) in [6, 6.07) is 6.22. The first-order valence-corrected chi connectivity index (χ1v) is 15.0. The zero-order chi connectivity index (χ0) is 28.5. The van der Waals surface area contributed by atoms with Crippen LogP contribution in [-0.4, -0.2) is 34.4 Å². The third-order valence-electron chi connectivity index (χ3n) is 6.93. The number of halogens is 7. The summed E-state index contributed by atoms with van der Waals surface area (Å²) in [6.07, 6.45) is -12.4. The molecule has 4 nitrogen and oxygen atoms in total. The number of rotatable bonds is 7. The zero-order valence-corrected chi connectivity index (χ0v) is 22.8. The second-order valence-electron chi connectivity index (χ2n) is 10.8. The second-order valence-corrected chi connectivity index (χ2v) is 15.6. The molecule has 1 saturated heterocycles. The fourth-order valence-electron chi connectivity index (χ4n) is 3.69. The summed E-state index contributed by atoms with van der Waals surface area (Å²) in [5.41, 5.74) is -2.64. The van der Waals surface area contributed by atoms with Gasteiger partial charge in [0.15, 0.2) is 14.6 Å². The lowest BCUT2D eigenvalue weighted by Gasteiger charge is -2.39. The summed E-state index contributed by atoms with van der Waals surface area (Å²) >= 11 is 0. The third-order valence-corrected chi connectivity index (χ3v) is 11.4. The van der Waals surface area contributed by atoms with E-state index in [0.29, 0.717) is 24.2 Å². The van der Waals surface area contributed by atoms with E-state index in [2.05, 4.69) is 5.32 Å². The molecular weight excluding hydrogens is 535 g/mol. The fraction of sp³-hybridized carbons (Fsp3) is 0.538. The third kappa shape index (κ3) is 7.56. The Hall–Kier alpha value is -1.99. The van der Waals surface area contributed by atoms with E-state index < -0.39 is 56.0 Å². The Morgan fingerprint density at radius 3 is 2.00 bits per heavy atom. The first-order valence-electron chi connectivity index (χ1n) is 12.1. The summed E-state index contributed by atoms with van der Waals surface area (Å²) < 4.78 is 113. The van der Waals surface area contributed by atoms with Crippen LogP contribution in [0.1, 0.15) is 55.2 Å². The molecule has 1 heterocycles. The first-order chi connectivity index (χ1) is 17.4. The molecule has 1 fully saturated rings. The molecule has 212 valence electrons. The number of nitrogens with one attached hydrogen (secondary N) is 1. The standard InChI is InChI=1S/C26H32F7NO3Si/c1-24(2,3)38(4,5)36-15-21(17-12-18(25(28,29)30)14-19(13-17)26(31,32)33)37-23-22(34-10-11-35-23)16-6-8-20(27)9-7-16/h6-9,12-14,21-23,34H,10-11,15H2,1-5H3/t21-,22?,23?/m1/s1. The summed E-state index contributed by atoms with van der Waals surface area (Å²) in [5, 5.41) is 2.89. The Kier molecular flexibility index (Phi) is 9.04. The average Bonchev–Trinajstić information content (AvgIpc) is 2.80. The summed E-state index contributed by atoms with van der Waals surface area (Å²) in [7, 11) is -2.48. The maximum Gasteiger partial charge on any atom is 0.416 e. The topological polar surface area (TPSA) is 39.7 Å². The van der Waals surface area contributed by atoms with E-state index in [1.807, 2.05) is 33.9 Å². The van der Waals surface area contributed by atoms with E-state index in [-0.39, 0.29) is 29.9 Å². The molecule has 0 bridgehead atoms. The molecule has 0 aliphatic carbocycles. The molecular formula is C26H32F7NO3Si. The first kappa shape index (κ1) is 30.5. The van der Waals surface area contributed by atoms with Gasteiger partial charge in [-0.05, 0) is 59.6 Å². The predicted molar refractivity (Wildman–Crippen MR) is 130 cm³/mol. The van der Waals surface area contributed by atoms with Crippen molar-refractivity contribution in [3.63, 3.8) is 0 Å². The zero-order valence-electron chi connectivity index (χ0n) is 21.8. The van der Waals surface area contributed by atoms with Gasteiger partial charge in [-0.3, -0.25) is 0 Å². The largest absolute Gasteiger partial charge is 0.416 e. The highest BCUT2D eigenvalue weighted by atomic mass is 28.4. The van der Waals surface area contributed by atoms with Crippen molar-refractivity contribution in [3.05, 3.63) is 70.5 Å². The predicted octanol–water partition coefficient (Wildman–Crippen LogP) is 7.63. The Morgan fingerprint density at radius 1 is 0.947 bits per heavy atom. The number of hydrogen-bond acceptors (Lipinski definition) is 4. The van der Waals surface area contributed by atoms with Gasteiger partial charge >= 0.3 is 12.4 Å². The Morgan fingerprint density at radius 2 is 1.50 bits per heavy atom. The van der Waals surface area contributed by atoms with Gasteiger partial charge in [0.2, 0.25) is 0 Å². The SMILES string of the molecule is CC(C)(C)[Si](C)(C)OC[C@@H](OC1OCCNC1c1ccc(F)cc1)c1cc(C(F)(F)F)cc(C(F)(F)F)c1. The van der Waals surface area contributed by atoms with Crippen molar-refractivity contribution >= 4 is 8.32 Å². The second kappa shape index (κ2) is 11.2. The van der Waals surface area contributed by atoms with Gasteiger partial charge in [0.05, 0.1) is 30.4 Å². The van der Waals surface area contributed by atoms with E-state index in [1.54, 1.807) is 0 Å². The summed E-state index contributed by atoms with van der Waals surface area (Å²) in [4.78, 5) is 0. The van der Waals surface area contributed by atoms with Crippen LogP contribution >= 0.6 is 0 Å². The molecule has 0 spiro atoms. The fourth-order valence-corrected chi connectivity index (χ4v) is 4.69. The molecule has 1 aliphatic rings. The van der Waals surface area contributed by atoms with Gasteiger partial charge in [-0.25, -0.2) is 4.39 Å². The van der Waals surface area contributed by atoms with Crippen LogP contribution in [0, 0.1) is 5.82 Å². The van der Waals surface area contributed by atoms with Crippen molar-refractivity contribution in [1.82, 2.24) is 5.32 Å². The number of ether oxygens (including phenoxy) is 2. The molecule has 1 N–H and O–H groups in total. The molecule has 2 aromatic carbocycles. The maximum absolute atomic E-state index is 13.6. The highest BCUT2D eigenvalue weighted by Crippen LogP contribution is 2.41.